The lowest BCUT2D eigenvalue weighted by Gasteiger charge is -2.14. The van der Waals surface area contributed by atoms with Crippen LogP contribution in [0.15, 0.2) is 30.3 Å². The Labute approximate surface area is 95.2 Å². The molecule has 1 atom stereocenters. The van der Waals surface area contributed by atoms with Gasteiger partial charge in [-0.25, -0.2) is 0 Å². The lowest BCUT2D eigenvalue weighted by molar-refractivity contribution is -0.146. The maximum Gasteiger partial charge on any atom is 0.325 e. The van der Waals surface area contributed by atoms with E-state index in [2.05, 4.69) is 5.32 Å². The summed E-state index contributed by atoms with van der Waals surface area (Å²) in [6.45, 7) is 2.34. The van der Waals surface area contributed by atoms with E-state index in [9.17, 15) is 4.79 Å². The summed E-state index contributed by atoms with van der Waals surface area (Å²) in [5, 5.41) is 12.0. The molecule has 4 heteroatoms. The van der Waals surface area contributed by atoms with Crippen LogP contribution in [0.5, 0.6) is 0 Å². The number of hydrogen-bond acceptors (Lipinski definition) is 4. The summed E-state index contributed by atoms with van der Waals surface area (Å²) in [6, 6.07) is 9.03. The molecule has 1 aromatic rings. The van der Waals surface area contributed by atoms with Gasteiger partial charge < -0.3 is 9.84 Å². The number of nitrogens with one attached hydrogen (secondary N) is 1. The molecule has 0 unspecified atom stereocenters. The number of esters is 1. The van der Waals surface area contributed by atoms with E-state index in [0.29, 0.717) is 13.2 Å². The first-order valence-electron chi connectivity index (χ1n) is 5.32. The third-order valence-corrected chi connectivity index (χ3v) is 2.15. The van der Waals surface area contributed by atoms with Crippen molar-refractivity contribution in [3.63, 3.8) is 0 Å². The van der Waals surface area contributed by atoms with Crippen molar-refractivity contribution < 1.29 is 14.6 Å². The standard InChI is InChI=1S/C12H17NO3/c1-2-16-12(15)11(9-14)13-8-10-6-4-3-5-7-10/h3-7,11,13-14H,2,8-9H2,1H3/t11-/m0/s1. The van der Waals surface area contributed by atoms with Crippen molar-refractivity contribution in [2.75, 3.05) is 13.2 Å². The van der Waals surface area contributed by atoms with Gasteiger partial charge in [0.05, 0.1) is 13.2 Å². The van der Waals surface area contributed by atoms with E-state index in [1.807, 2.05) is 30.3 Å². The summed E-state index contributed by atoms with van der Waals surface area (Å²) in [7, 11) is 0. The first-order chi connectivity index (χ1) is 7.77. The fourth-order valence-corrected chi connectivity index (χ4v) is 1.30. The number of carbonyl (C=O) groups is 1. The van der Waals surface area contributed by atoms with Gasteiger partial charge in [0, 0.05) is 6.54 Å². The van der Waals surface area contributed by atoms with Gasteiger partial charge >= 0.3 is 5.97 Å². The quantitative estimate of drug-likeness (QED) is 0.697. The SMILES string of the molecule is CCOC(=O)[C@H](CO)NCc1ccccc1. The molecule has 0 aromatic heterocycles. The number of aliphatic hydroxyl groups is 1. The Morgan fingerprint density at radius 3 is 2.69 bits per heavy atom. The fourth-order valence-electron chi connectivity index (χ4n) is 1.30. The van der Waals surface area contributed by atoms with Crippen LogP contribution in [0.25, 0.3) is 0 Å². The van der Waals surface area contributed by atoms with Crippen molar-refractivity contribution in [3.05, 3.63) is 35.9 Å². The molecule has 0 aliphatic carbocycles. The Morgan fingerprint density at radius 1 is 1.44 bits per heavy atom. The molecule has 0 saturated carbocycles. The predicted octanol–water partition coefficient (Wildman–Crippen LogP) is 0.700. The molecule has 88 valence electrons. The lowest BCUT2D eigenvalue weighted by atomic mass is 10.2. The number of rotatable bonds is 6. The zero-order valence-corrected chi connectivity index (χ0v) is 9.35. The molecular weight excluding hydrogens is 206 g/mol. The molecule has 0 amide bonds. The van der Waals surface area contributed by atoms with Crippen LogP contribution in [-0.4, -0.2) is 30.3 Å². The second-order valence-electron chi connectivity index (χ2n) is 3.35. The van der Waals surface area contributed by atoms with E-state index in [1.54, 1.807) is 6.92 Å². The van der Waals surface area contributed by atoms with Crippen molar-refractivity contribution in [2.45, 2.75) is 19.5 Å². The smallest absolute Gasteiger partial charge is 0.325 e. The number of hydrogen-bond donors (Lipinski definition) is 2. The van der Waals surface area contributed by atoms with E-state index in [0.717, 1.165) is 5.56 Å². The molecular formula is C12H17NO3. The molecule has 16 heavy (non-hydrogen) atoms. The third kappa shape index (κ3) is 4.00. The Morgan fingerprint density at radius 2 is 2.12 bits per heavy atom. The largest absolute Gasteiger partial charge is 0.465 e. The number of aliphatic hydroxyl groups excluding tert-OH is 1. The van der Waals surface area contributed by atoms with Crippen LogP contribution in [0.2, 0.25) is 0 Å². The van der Waals surface area contributed by atoms with Crippen LogP contribution in [0.1, 0.15) is 12.5 Å². The maximum atomic E-state index is 11.4. The van der Waals surface area contributed by atoms with Gasteiger partial charge in [-0.2, -0.15) is 0 Å². The lowest BCUT2D eigenvalue weighted by Crippen LogP contribution is -2.40. The first kappa shape index (κ1) is 12.7. The van der Waals surface area contributed by atoms with Crippen LogP contribution in [0.4, 0.5) is 0 Å². The van der Waals surface area contributed by atoms with Crippen molar-refractivity contribution in [3.8, 4) is 0 Å². The molecule has 0 spiro atoms. The molecule has 0 bridgehead atoms. The highest BCUT2D eigenvalue weighted by Gasteiger charge is 2.17. The molecule has 2 N–H and O–H groups in total. The molecule has 0 heterocycles. The summed E-state index contributed by atoms with van der Waals surface area (Å²) >= 11 is 0. The molecule has 0 saturated heterocycles. The van der Waals surface area contributed by atoms with Gasteiger partial charge in [0.1, 0.15) is 6.04 Å². The van der Waals surface area contributed by atoms with Crippen molar-refractivity contribution >= 4 is 5.97 Å². The highest BCUT2D eigenvalue weighted by Crippen LogP contribution is 1.99. The molecule has 4 nitrogen and oxygen atoms in total. The number of benzene rings is 1. The minimum absolute atomic E-state index is 0.258. The summed E-state index contributed by atoms with van der Waals surface area (Å²) in [4.78, 5) is 11.4. The Balaban J connectivity index is 2.43. The minimum Gasteiger partial charge on any atom is -0.465 e. The fraction of sp³-hybridized carbons (Fsp3) is 0.417. The summed E-state index contributed by atoms with van der Waals surface area (Å²) in [5.41, 5.74) is 1.06. The number of ether oxygens (including phenoxy) is 1. The Bertz CT molecular complexity index is 313. The summed E-state index contributed by atoms with van der Waals surface area (Å²) < 4.78 is 4.82. The van der Waals surface area contributed by atoms with Gasteiger partial charge in [-0.3, -0.25) is 10.1 Å². The highest BCUT2D eigenvalue weighted by atomic mass is 16.5. The highest BCUT2D eigenvalue weighted by molar-refractivity contribution is 5.75. The van der Waals surface area contributed by atoms with Gasteiger partial charge in [0.2, 0.25) is 0 Å². The van der Waals surface area contributed by atoms with Gasteiger partial charge in [-0.05, 0) is 12.5 Å². The Hall–Kier alpha value is -1.39. The van der Waals surface area contributed by atoms with E-state index in [-0.39, 0.29) is 6.61 Å². The molecule has 1 aromatic carbocycles. The number of carbonyl (C=O) groups excluding carboxylic acids is 1. The van der Waals surface area contributed by atoms with E-state index >= 15 is 0 Å². The van der Waals surface area contributed by atoms with E-state index in [1.165, 1.54) is 0 Å². The normalized spacial score (nSPS) is 12.1. The minimum atomic E-state index is -0.653. The second-order valence-corrected chi connectivity index (χ2v) is 3.35. The molecule has 0 fully saturated rings. The van der Waals surface area contributed by atoms with Crippen LogP contribution >= 0.6 is 0 Å². The summed E-state index contributed by atoms with van der Waals surface area (Å²) in [5.74, 6) is -0.416. The average Bonchev–Trinajstić information content (AvgIpc) is 2.31. The topological polar surface area (TPSA) is 58.6 Å². The first-order valence-corrected chi connectivity index (χ1v) is 5.32. The van der Waals surface area contributed by atoms with Crippen LogP contribution in [0, 0.1) is 0 Å². The predicted molar refractivity (Wildman–Crippen MR) is 60.8 cm³/mol. The zero-order valence-electron chi connectivity index (χ0n) is 9.35. The third-order valence-electron chi connectivity index (χ3n) is 2.15. The van der Waals surface area contributed by atoms with Crippen LogP contribution in [0.3, 0.4) is 0 Å². The Kier molecular flexibility index (Phi) is 5.53. The molecule has 1 rings (SSSR count). The van der Waals surface area contributed by atoms with Gasteiger partial charge in [0.15, 0.2) is 0 Å². The van der Waals surface area contributed by atoms with Crippen LogP contribution < -0.4 is 5.32 Å². The molecule has 0 aliphatic heterocycles. The summed E-state index contributed by atoms with van der Waals surface area (Å²) in [6.07, 6.45) is 0. The van der Waals surface area contributed by atoms with Crippen molar-refractivity contribution in [1.82, 2.24) is 5.32 Å². The van der Waals surface area contributed by atoms with Crippen molar-refractivity contribution in [1.29, 1.82) is 0 Å². The van der Waals surface area contributed by atoms with E-state index < -0.39 is 12.0 Å². The average molecular weight is 223 g/mol. The van der Waals surface area contributed by atoms with Gasteiger partial charge in [-0.15, -0.1) is 0 Å². The monoisotopic (exact) mass is 223 g/mol. The van der Waals surface area contributed by atoms with Crippen LogP contribution in [-0.2, 0) is 16.1 Å². The maximum absolute atomic E-state index is 11.4. The molecule has 0 radical (unpaired) electrons. The molecule has 0 aliphatic rings. The van der Waals surface area contributed by atoms with E-state index in [4.69, 9.17) is 9.84 Å². The second kappa shape index (κ2) is 6.98. The zero-order chi connectivity index (χ0) is 11.8. The van der Waals surface area contributed by atoms with Gasteiger partial charge in [-0.1, -0.05) is 30.3 Å². The van der Waals surface area contributed by atoms with Crippen molar-refractivity contribution in [2.24, 2.45) is 0 Å². The van der Waals surface area contributed by atoms with Gasteiger partial charge in [0.25, 0.3) is 0 Å².